The maximum atomic E-state index is 11.0. The van der Waals surface area contributed by atoms with Gasteiger partial charge in [-0.25, -0.2) is 0 Å². The van der Waals surface area contributed by atoms with Gasteiger partial charge in [-0.3, -0.25) is 15.0 Å². The molecule has 0 spiro atoms. The van der Waals surface area contributed by atoms with E-state index < -0.39 is 4.92 Å². The molecule has 0 aliphatic rings. The number of non-ortho nitro benzene ring substituents is 1. The van der Waals surface area contributed by atoms with Gasteiger partial charge in [0, 0.05) is 30.8 Å². The van der Waals surface area contributed by atoms with Crippen molar-refractivity contribution in [2.45, 2.75) is 19.6 Å². The molecule has 0 N–H and O–H groups in total. The lowest BCUT2D eigenvalue weighted by atomic mass is 10.1. The van der Waals surface area contributed by atoms with Crippen LogP contribution in [0.15, 0.2) is 89.5 Å². The smallest absolute Gasteiger partial charge is 0.270 e. The number of aromatic nitrogens is 2. The van der Waals surface area contributed by atoms with Gasteiger partial charge in [-0.05, 0) is 11.1 Å². The average Bonchev–Trinajstić information content (AvgIpc) is 3.24. The van der Waals surface area contributed by atoms with Crippen LogP contribution in [0.2, 0.25) is 0 Å². The molecule has 0 saturated heterocycles. The Morgan fingerprint density at radius 2 is 1.47 bits per heavy atom. The second kappa shape index (κ2) is 9.11. The van der Waals surface area contributed by atoms with Crippen molar-refractivity contribution in [3.05, 3.63) is 112 Å². The van der Waals surface area contributed by atoms with Gasteiger partial charge < -0.3 is 4.52 Å². The highest BCUT2D eigenvalue weighted by Gasteiger charge is 2.16. The summed E-state index contributed by atoms with van der Waals surface area (Å²) < 4.78 is 5.45. The fraction of sp³-hybridized carbons (Fsp3) is 0.130. The Morgan fingerprint density at radius 3 is 2.07 bits per heavy atom. The molecule has 0 saturated carbocycles. The summed E-state index contributed by atoms with van der Waals surface area (Å²) in [5.41, 5.74) is 2.92. The van der Waals surface area contributed by atoms with Crippen LogP contribution < -0.4 is 0 Å². The zero-order chi connectivity index (χ0) is 20.8. The molecule has 0 atom stereocenters. The molecule has 0 fully saturated rings. The molecular formula is C23H20N4O3. The van der Waals surface area contributed by atoms with Crippen molar-refractivity contribution in [3.63, 3.8) is 0 Å². The summed E-state index contributed by atoms with van der Waals surface area (Å²) in [6, 6.07) is 26.6. The third kappa shape index (κ3) is 4.95. The van der Waals surface area contributed by atoms with Crippen molar-refractivity contribution in [1.82, 2.24) is 15.0 Å². The molecule has 7 heteroatoms. The zero-order valence-electron chi connectivity index (χ0n) is 16.2. The zero-order valence-corrected chi connectivity index (χ0v) is 16.2. The topological polar surface area (TPSA) is 85.3 Å². The Labute approximate surface area is 173 Å². The SMILES string of the molecule is O=[N+]([O-])c1cccc(-c2noc(CN(Cc3ccccc3)Cc3ccccc3)n2)c1. The molecule has 4 aromatic rings. The van der Waals surface area contributed by atoms with Gasteiger partial charge in [0.1, 0.15) is 0 Å². The van der Waals surface area contributed by atoms with Gasteiger partial charge in [0.2, 0.25) is 11.7 Å². The molecule has 7 nitrogen and oxygen atoms in total. The molecule has 0 radical (unpaired) electrons. The van der Waals surface area contributed by atoms with Crippen LogP contribution in [0.4, 0.5) is 5.69 Å². The first-order chi connectivity index (χ1) is 14.7. The van der Waals surface area contributed by atoms with Gasteiger partial charge in [-0.2, -0.15) is 4.98 Å². The summed E-state index contributed by atoms with van der Waals surface area (Å²) in [4.78, 5) is 17.3. The van der Waals surface area contributed by atoms with Crippen LogP contribution >= 0.6 is 0 Å². The van der Waals surface area contributed by atoms with Crippen molar-refractivity contribution in [2.75, 3.05) is 0 Å². The van der Waals surface area contributed by atoms with E-state index in [-0.39, 0.29) is 5.69 Å². The first-order valence-electron chi connectivity index (χ1n) is 9.55. The normalized spacial score (nSPS) is 11.0. The van der Waals surface area contributed by atoms with E-state index in [1.807, 2.05) is 36.4 Å². The number of nitro groups is 1. The maximum Gasteiger partial charge on any atom is 0.270 e. The Balaban J connectivity index is 1.54. The lowest BCUT2D eigenvalue weighted by molar-refractivity contribution is -0.384. The number of benzene rings is 3. The predicted octanol–water partition coefficient (Wildman–Crippen LogP) is 4.85. The van der Waals surface area contributed by atoms with E-state index in [0.717, 1.165) is 13.1 Å². The summed E-state index contributed by atoms with van der Waals surface area (Å²) in [6.45, 7) is 1.92. The van der Waals surface area contributed by atoms with Gasteiger partial charge in [0.15, 0.2) is 0 Å². The van der Waals surface area contributed by atoms with E-state index >= 15 is 0 Å². The number of hydrogen-bond donors (Lipinski definition) is 0. The van der Waals surface area contributed by atoms with E-state index in [2.05, 4.69) is 39.3 Å². The van der Waals surface area contributed by atoms with Gasteiger partial charge in [-0.15, -0.1) is 0 Å². The lowest BCUT2D eigenvalue weighted by Crippen LogP contribution is -2.22. The second-order valence-corrected chi connectivity index (χ2v) is 6.94. The Morgan fingerprint density at radius 1 is 0.833 bits per heavy atom. The number of hydrogen-bond acceptors (Lipinski definition) is 6. The number of nitrogens with zero attached hydrogens (tertiary/aromatic N) is 4. The molecule has 1 heterocycles. The van der Waals surface area contributed by atoms with Crippen molar-refractivity contribution in [3.8, 4) is 11.4 Å². The van der Waals surface area contributed by atoms with Crippen LogP contribution in [0, 0.1) is 10.1 Å². The van der Waals surface area contributed by atoms with E-state index in [1.165, 1.54) is 23.3 Å². The third-order valence-electron chi connectivity index (χ3n) is 4.64. The molecule has 0 amide bonds. The Bertz CT molecular complexity index is 1070. The van der Waals surface area contributed by atoms with Crippen LogP contribution in [-0.4, -0.2) is 20.0 Å². The molecule has 0 aliphatic carbocycles. The summed E-state index contributed by atoms with van der Waals surface area (Å²) in [6.07, 6.45) is 0. The van der Waals surface area contributed by atoms with Crippen LogP contribution in [-0.2, 0) is 19.6 Å². The molecule has 3 aromatic carbocycles. The van der Waals surface area contributed by atoms with Crippen molar-refractivity contribution < 1.29 is 9.45 Å². The molecule has 0 unspecified atom stereocenters. The largest absolute Gasteiger partial charge is 0.338 e. The molecule has 30 heavy (non-hydrogen) atoms. The van der Waals surface area contributed by atoms with E-state index in [0.29, 0.717) is 23.8 Å². The predicted molar refractivity (Wildman–Crippen MR) is 112 cm³/mol. The highest BCUT2D eigenvalue weighted by Crippen LogP contribution is 2.22. The molecule has 150 valence electrons. The molecule has 1 aromatic heterocycles. The average molecular weight is 400 g/mol. The quantitative estimate of drug-likeness (QED) is 0.311. The van der Waals surface area contributed by atoms with Crippen LogP contribution in [0.25, 0.3) is 11.4 Å². The van der Waals surface area contributed by atoms with Crippen LogP contribution in [0.5, 0.6) is 0 Å². The summed E-state index contributed by atoms with van der Waals surface area (Å²) >= 11 is 0. The summed E-state index contributed by atoms with van der Waals surface area (Å²) in [7, 11) is 0. The maximum absolute atomic E-state index is 11.0. The van der Waals surface area contributed by atoms with E-state index in [1.54, 1.807) is 12.1 Å². The minimum absolute atomic E-state index is 0.00590. The molecule has 4 rings (SSSR count). The highest BCUT2D eigenvalue weighted by atomic mass is 16.6. The fourth-order valence-corrected chi connectivity index (χ4v) is 3.24. The van der Waals surface area contributed by atoms with Crippen molar-refractivity contribution in [1.29, 1.82) is 0 Å². The summed E-state index contributed by atoms with van der Waals surface area (Å²) in [5.74, 6) is 0.802. The number of rotatable bonds is 8. The third-order valence-corrected chi connectivity index (χ3v) is 4.64. The van der Waals surface area contributed by atoms with E-state index in [4.69, 9.17) is 4.52 Å². The van der Waals surface area contributed by atoms with Crippen LogP contribution in [0.1, 0.15) is 17.0 Å². The Kier molecular flexibility index (Phi) is 5.91. The minimum atomic E-state index is -0.439. The first-order valence-corrected chi connectivity index (χ1v) is 9.55. The summed E-state index contributed by atoms with van der Waals surface area (Å²) in [5, 5.41) is 15.0. The lowest BCUT2D eigenvalue weighted by Gasteiger charge is -2.20. The molecular weight excluding hydrogens is 380 g/mol. The second-order valence-electron chi connectivity index (χ2n) is 6.94. The van der Waals surface area contributed by atoms with Gasteiger partial charge in [-0.1, -0.05) is 78.0 Å². The van der Waals surface area contributed by atoms with Gasteiger partial charge in [0.25, 0.3) is 5.69 Å². The van der Waals surface area contributed by atoms with Crippen molar-refractivity contribution >= 4 is 5.69 Å². The fourth-order valence-electron chi connectivity index (χ4n) is 3.24. The van der Waals surface area contributed by atoms with E-state index in [9.17, 15) is 10.1 Å². The number of nitro benzene ring substituents is 1. The van der Waals surface area contributed by atoms with Crippen molar-refractivity contribution in [2.24, 2.45) is 0 Å². The Hall–Kier alpha value is -3.84. The van der Waals surface area contributed by atoms with Gasteiger partial charge in [0.05, 0.1) is 11.5 Å². The molecule has 0 aliphatic heterocycles. The standard InChI is InChI=1S/C23H20N4O3/c28-27(29)21-13-7-12-20(14-21)23-24-22(30-25-23)17-26(15-18-8-3-1-4-9-18)16-19-10-5-2-6-11-19/h1-14H,15-17H2. The first kappa shape index (κ1) is 19.5. The van der Waals surface area contributed by atoms with Gasteiger partial charge >= 0.3 is 0 Å². The molecule has 0 bridgehead atoms. The van der Waals surface area contributed by atoms with Crippen LogP contribution in [0.3, 0.4) is 0 Å². The highest BCUT2D eigenvalue weighted by molar-refractivity contribution is 5.58. The monoisotopic (exact) mass is 400 g/mol. The minimum Gasteiger partial charge on any atom is -0.338 e.